The molecule has 1 atom stereocenters. The van der Waals surface area contributed by atoms with E-state index in [2.05, 4.69) is 30.8 Å². The fraction of sp³-hybridized carbons (Fsp3) is 0.333. The Morgan fingerprint density at radius 1 is 1.31 bits per heavy atom. The number of nitrogens with two attached hydrogens (primary N) is 1. The molecule has 0 aliphatic carbocycles. The van der Waals surface area contributed by atoms with Gasteiger partial charge < -0.3 is 5.73 Å². The van der Waals surface area contributed by atoms with Crippen LogP contribution in [0.5, 0.6) is 0 Å². The predicted molar refractivity (Wildman–Crippen MR) is 57.6 cm³/mol. The molecular formula is C12H17N. The molecule has 0 saturated heterocycles. The average molecular weight is 175 g/mol. The molecule has 0 saturated carbocycles. The van der Waals surface area contributed by atoms with Gasteiger partial charge in [0.25, 0.3) is 0 Å². The second-order valence-electron chi connectivity index (χ2n) is 3.31. The van der Waals surface area contributed by atoms with Gasteiger partial charge in [0.1, 0.15) is 0 Å². The molecule has 0 bridgehead atoms. The lowest BCUT2D eigenvalue weighted by molar-refractivity contribution is 0.621. The Morgan fingerprint density at radius 2 is 2.00 bits per heavy atom. The first kappa shape index (κ1) is 10.0. The van der Waals surface area contributed by atoms with E-state index in [4.69, 9.17) is 5.73 Å². The normalized spacial score (nSPS) is 12.4. The highest BCUT2D eigenvalue weighted by molar-refractivity contribution is 5.14. The van der Waals surface area contributed by atoms with E-state index in [1.807, 2.05) is 12.1 Å². The summed E-state index contributed by atoms with van der Waals surface area (Å²) in [6.45, 7) is 3.68. The smallest absolute Gasteiger partial charge is 0.00764 e. The largest absolute Gasteiger partial charge is 0.327 e. The van der Waals surface area contributed by atoms with Gasteiger partial charge in [-0.1, -0.05) is 36.4 Å². The van der Waals surface area contributed by atoms with E-state index in [1.54, 1.807) is 0 Å². The zero-order valence-corrected chi connectivity index (χ0v) is 7.95. The third-order valence-electron chi connectivity index (χ3n) is 2.12. The Labute approximate surface area is 80.3 Å². The molecule has 0 amide bonds. The highest BCUT2D eigenvalue weighted by Gasteiger charge is 1.99. The van der Waals surface area contributed by atoms with Crippen molar-refractivity contribution in [2.75, 3.05) is 0 Å². The van der Waals surface area contributed by atoms with Crippen LogP contribution in [0.15, 0.2) is 43.0 Å². The van der Waals surface area contributed by atoms with Crippen molar-refractivity contribution in [1.29, 1.82) is 0 Å². The molecule has 1 rings (SSSR count). The maximum atomic E-state index is 5.86. The quantitative estimate of drug-likeness (QED) is 0.684. The van der Waals surface area contributed by atoms with Crippen molar-refractivity contribution < 1.29 is 0 Å². The molecule has 1 unspecified atom stereocenters. The summed E-state index contributed by atoms with van der Waals surface area (Å²) in [4.78, 5) is 0. The van der Waals surface area contributed by atoms with Crippen molar-refractivity contribution in [3.05, 3.63) is 48.6 Å². The van der Waals surface area contributed by atoms with Crippen LogP contribution >= 0.6 is 0 Å². The molecule has 0 radical (unpaired) electrons. The van der Waals surface area contributed by atoms with E-state index in [1.165, 1.54) is 5.56 Å². The molecule has 0 aromatic heterocycles. The van der Waals surface area contributed by atoms with E-state index in [0.717, 1.165) is 19.3 Å². The molecular weight excluding hydrogens is 158 g/mol. The fourth-order valence-electron chi connectivity index (χ4n) is 1.33. The molecule has 1 heteroatoms. The van der Waals surface area contributed by atoms with Crippen LogP contribution in [0.2, 0.25) is 0 Å². The van der Waals surface area contributed by atoms with Crippen molar-refractivity contribution in [3.63, 3.8) is 0 Å². The third kappa shape index (κ3) is 3.90. The molecule has 13 heavy (non-hydrogen) atoms. The van der Waals surface area contributed by atoms with Gasteiger partial charge in [-0.2, -0.15) is 0 Å². The highest BCUT2D eigenvalue weighted by atomic mass is 14.6. The summed E-state index contributed by atoms with van der Waals surface area (Å²) in [5, 5.41) is 0. The van der Waals surface area contributed by atoms with Crippen LogP contribution in [0.3, 0.4) is 0 Å². The van der Waals surface area contributed by atoms with Gasteiger partial charge in [0.15, 0.2) is 0 Å². The van der Waals surface area contributed by atoms with Crippen LogP contribution in [0.4, 0.5) is 0 Å². The van der Waals surface area contributed by atoms with Gasteiger partial charge in [-0.05, 0) is 24.8 Å². The predicted octanol–water partition coefficient (Wildman–Crippen LogP) is 2.52. The lowest BCUT2D eigenvalue weighted by atomic mass is 10.0. The summed E-state index contributed by atoms with van der Waals surface area (Å²) in [6, 6.07) is 10.7. The maximum absolute atomic E-state index is 5.86. The third-order valence-corrected chi connectivity index (χ3v) is 2.12. The van der Waals surface area contributed by atoms with Gasteiger partial charge in [0, 0.05) is 6.04 Å². The maximum Gasteiger partial charge on any atom is 0.00764 e. The number of aryl methyl sites for hydroxylation is 1. The summed E-state index contributed by atoms with van der Waals surface area (Å²) in [6.07, 6.45) is 4.90. The molecule has 0 aliphatic rings. The lowest BCUT2D eigenvalue weighted by Crippen LogP contribution is -2.19. The summed E-state index contributed by atoms with van der Waals surface area (Å²) in [5.41, 5.74) is 7.22. The summed E-state index contributed by atoms with van der Waals surface area (Å²) in [5.74, 6) is 0. The lowest BCUT2D eigenvalue weighted by Gasteiger charge is -2.07. The van der Waals surface area contributed by atoms with Crippen LogP contribution < -0.4 is 5.73 Å². The van der Waals surface area contributed by atoms with E-state index >= 15 is 0 Å². The van der Waals surface area contributed by atoms with Crippen molar-refractivity contribution in [3.8, 4) is 0 Å². The molecule has 0 heterocycles. The van der Waals surface area contributed by atoms with E-state index in [9.17, 15) is 0 Å². The molecule has 1 nitrogen and oxygen atoms in total. The zero-order chi connectivity index (χ0) is 9.52. The van der Waals surface area contributed by atoms with Crippen LogP contribution in [0.25, 0.3) is 0 Å². The van der Waals surface area contributed by atoms with Crippen molar-refractivity contribution in [1.82, 2.24) is 0 Å². The second kappa shape index (κ2) is 5.55. The first-order chi connectivity index (χ1) is 6.33. The van der Waals surface area contributed by atoms with E-state index in [-0.39, 0.29) is 6.04 Å². The molecule has 0 fully saturated rings. The average Bonchev–Trinajstić information content (AvgIpc) is 2.17. The van der Waals surface area contributed by atoms with E-state index in [0.29, 0.717) is 0 Å². The van der Waals surface area contributed by atoms with Gasteiger partial charge >= 0.3 is 0 Å². The molecule has 70 valence electrons. The Hall–Kier alpha value is -1.08. The number of benzene rings is 1. The second-order valence-corrected chi connectivity index (χ2v) is 3.31. The summed E-state index contributed by atoms with van der Waals surface area (Å²) >= 11 is 0. The van der Waals surface area contributed by atoms with Crippen LogP contribution in [-0.2, 0) is 6.42 Å². The topological polar surface area (TPSA) is 26.0 Å². The molecule has 0 aliphatic heterocycles. The summed E-state index contributed by atoms with van der Waals surface area (Å²) < 4.78 is 0. The Kier molecular flexibility index (Phi) is 4.27. The van der Waals surface area contributed by atoms with Gasteiger partial charge in [-0.3, -0.25) is 0 Å². The van der Waals surface area contributed by atoms with Crippen LogP contribution in [0.1, 0.15) is 18.4 Å². The Bertz CT molecular complexity index is 241. The van der Waals surface area contributed by atoms with Crippen molar-refractivity contribution >= 4 is 0 Å². The van der Waals surface area contributed by atoms with Gasteiger partial charge in [0.2, 0.25) is 0 Å². The minimum atomic E-state index is 0.262. The first-order valence-corrected chi connectivity index (χ1v) is 4.73. The monoisotopic (exact) mass is 175 g/mol. The van der Waals surface area contributed by atoms with Crippen LogP contribution in [-0.4, -0.2) is 6.04 Å². The zero-order valence-electron chi connectivity index (χ0n) is 7.95. The highest BCUT2D eigenvalue weighted by Crippen LogP contribution is 2.05. The number of hydrogen-bond donors (Lipinski definition) is 1. The van der Waals surface area contributed by atoms with Crippen molar-refractivity contribution in [2.24, 2.45) is 5.73 Å². The Morgan fingerprint density at radius 3 is 2.62 bits per heavy atom. The van der Waals surface area contributed by atoms with Crippen molar-refractivity contribution in [2.45, 2.75) is 25.3 Å². The minimum absolute atomic E-state index is 0.262. The number of rotatable bonds is 5. The number of hydrogen-bond acceptors (Lipinski definition) is 1. The molecule has 1 aromatic carbocycles. The molecule has 1 aromatic rings. The SMILES string of the molecule is C=CCC(N)CCc1ccccc1. The molecule has 0 spiro atoms. The minimum Gasteiger partial charge on any atom is -0.327 e. The van der Waals surface area contributed by atoms with Gasteiger partial charge in [-0.25, -0.2) is 0 Å². The first-order valence-electron chi connectivity index (χ1n) is 4.73. The standard InChI is InChI=1S/C12H17N/c1-2-6-12(13)10-9-11-7-4-3-5-8-11/h2-5,7-8,12H,1,6,9-10,13H2. The fourth-order valence-corrected chi connectivity index (χ4v) is 1.33. The van der Waals surface area contributed by atoms with Crippen LogP contribution in [0, 0.1) is 0 Å². The van der Waals surface area contributed by atoms with Gasteiger partial charge in [-0.15, -0.1) is 6.58 Å². The Balaban J connectivity index is 2.30. The molecule has 2 N–H and O–H groups in total. The van der Waals surface area contributed by atoms with E-state index < -0.39 is 0 Å². The summed E-state index contributed by atoms with van der Waals surface area (Å²) in [7, 11) is 0. The van der Waals surface area contributed by atoms with Gasteiger partial charge in [0.05, 0.1) is 0 Å².